The molecular weight excluding hydrogens is 477 g/mol. The second-order valence-electron chi connectivity index (χ2n) is 5.73. The van der Waals surface area contributed by atoms with Gasteiger partial charge in [0, 0.05) is 36.4 Å². The summed E-state index contributed by atoms with van der Waals surface area (Å²) < 4.78 is 6.56. The molecule has 2 rings (SSSR count). The van der Waals surface area contributed by atoms with E-state index in [9.17, 15) is 0 Å². The van der Waals surface area contributed by atoms with Crippen LogP contribution in [0.15, 0.2) is 17.1 Å². The molecule has 0 radical (unpaired) electrons. The summed E-state index contributed by atoms with van der Waals surface area (Å²) in [6.45, 7) is 6.30. The fourth-order valence-electron chi connectivity index (χ4n) is 2.60. The second kappa shape index (κ2) is 11.1. The minimum atomic E-state index is 0. The zero-order valence-electron chi connectivity index (χ0n) is 14.5. The lowest BCUT2D eigenvalue weighted by molar-refractivity contribution is 0.0793. The lowest BCUT2D eigenvalue weighted by atomic mass is 9.99. The van der Waals surface area contributed by atoms with Gasteiger partial charge in [0.05, 0.1) is 17.4 Å². The Hall–Kier alpha value is 0.300. The van der Waals surface area contributed by atoms with Crippen molar-refractivity contribution in [2.45, 2.75) is 31.1 Å². The normalized spacial score (nSPS) is 17.2. The van der Waals surface area contributed by atoms with Crippen LogP contribution in [0.1, 0.15) is 24.6 Å². The van der Waals surface area contributed by atoms with Crippen molar-refractivity contribution in [2.75, 3.05) is 39.6 Å². The third-order valence-corrected chi connectivity index (χ3v) is 6.69. The number of guanidine groups is 1. The van der Waals surface area contributed by atoms with Gasteiger partial charge in [-0.3, -0.25) is 4.99 Å². The van der Waals surface area contributed by atoms with E-state index in [0.717, 1.165) is 56.0 Å². The molecule has 2 heterocycles. The first-order valence-electron chi connectivity index (χ1n) is 7.95. The molecule has 1 saturated heterocycles. The fourth-order valence-corrected chi connectivity index (χ4v) is 4.51. The van der Waals surface area contributed by atoms with E-state index in [2.05, 4.69) is 36.5 Å². The summed E-state index contributed by atoms with van der Waals surface area (Å²) in [6, 6.07) is 4.03. The number of halogens is 2. The van der Waals surface area contributed by atoms with Crippen LogP contribution in [0.4, 0.5) is 0 Å². The molecule has 8 heteroatoms. The van der Waals surface area contributed by atoms with Gasteiger partial charge in [-0.1, -0.05) is 11.6 Å². The highest BCUT2D eigenvalue weighted by atomic mass is 127. The molecular formula is C16H27ClIN3OS2. The highest BCUT2D eigenvalue weighted by Crippen LogP contribution is 2.34. The molecule has 0 amide bonds. The highest BCUT2D eigenvalue weighted by Gasteiger charge is 2.31. The zero-order valence-corrected chi connectivity index (χ0v) is 19.2. The van der Waals surface area contributed by atoms with Gasteiger partial charge in [-0.05, 0) is 38.2 Å². The molecule has 0 unspecified atom stereocenters. The molecule has 1 aliphatic rings. The average Bonchev–Trinajstić information content (AvgIpc) is 2.97. The van der Waals surface area contributed by atoms with Crippen LogP contribution in [0.3, 0.4) is 0 Å². The number of aliphatic imine (C=N–C) groups is 1. The van der Waals surface area contributed by atoms with Gasteiger partial charge in [0.25, 0.3) is 0 Å². The van der Waals surface area contributed by atoms with Crippen LogP contribution in [0.25, 0.3) is 0 Å². The smallest absolute Gasteiger partial charge is 0.194 e. The molecule has 0 aromatic carbocycles. The topological polar surface area (TPSA) is 36.9 Å². The van der Waals surface area contributed by atoms with Crippen molar-refractivity contribution in [3.05, 3.63) is 21.3 Å². The molecule has 1 aromatic rings. The van der Waals surface area contributed by atoms with E-state index in [1.54, 1.807) is 11.3 Å². The minimum Gasteiger partial charge on any atom is -0.381 e. The molecule has 24 heavy (non-hydrogen) atoms. The van der Waals surface area contributed by atoms with Gasteiger partial charge in [0.2, 0.25) is 0 Å². The van der Waals surface area contributed by atoms with Crippen LogP contribution < -0.4 is 5.32 Å². The molecule has 1 fully saturated rings. The largest absolute Gasteiger partial charge is 0.381 e. The Labute approximate surface area is 175 Å². The SMILES string of the molecule is CCNC(=NCC1(SC)CCOCC1)N(C)Cc1ccc(Cl)s1.I. The number of nitrogens with one attached hydrogen (secondary N) is 1. The summed E-state index contributed by atoms with van der Waals surface area (Å²) in [7, 11) is 2.07. The summed E-state index contributed by atoms with van der Waals surface area (Å²) in [6.07, 6.45) is 4.33. The average molecular weight is 504 g/mol. The molecule has 1 aliphatic heterocycles. The van der Waals surface area contributed by atoms with Crippen LogP contribution in [0, 0.1) is 0 Å². The Morgan fingerprint density at radius 1 is 1.46 bits per heavy atom. The highest BCUT2D eigenvalue weighted by molar-refractivity contribution is 14.0. The van der Waals surface area contributed by atoms with E-state index in [1.165, 1.54) is 4.88 Å². The molecule has 0 saturated carbocycles. The van der Waals surface area contributed by atoms with Gasteiger partial charge in [-0.2, -0.15) is 11.8 Å². The number of thioether (sulfide) groups is 1. The van der Waals surface area contributed by atoms with E-state index in [-0.39, 0.29) is 28.7 Å². The second-order valence-corrected chi connectivity index (χ2v) is 8.81. The van der Waals surface area contributed by atoms with Crippen molar-refractivity contribution in [1.82, 2.24) is 10.2 Å². The molecule has 138 valence electrons. The molecule has 0 atom stereocenters. The van der Waals surface area contributed by atoms with Crippen molar-refractivity contribution in [3.63, 3.8) is 0 Å². The maximum Gasteiger partial charge on any atom is 0.194 e. The number of ether oxygens (including phenoxy) is 1. The Morgan fingerprint density at radius 3 is 2.71 bits per heavy atom. The summed E-state index contributed by atoms with van der Waals surface area (Å²) in [4.78, 5) is 8.32. The number of thiophene rings is 1. The quantitative estimate of drug-likeness (QED) is 0.356. The predicted molar refractivity (Wildman–Crippen MR) is 118 cm³/mol. The third kappa shape index (κ3) is 6.55. The summed E-state index contributed by atoms with van der Waals surface area (Å²) in [5.74, 6) is 0.955. The van der Waals surface area contributed by atoms with Crippen LogP contribution >= 0.6 is 58.7 Å². The Morgan fingerprint density at radius 2 is 2.17 bits per heavy atom. The van der Waals surface area contributed by atoms with Gasteiger partial charge in [0.1, 0.15) is 0 Å². The van der Waals surface area contributed by atoms with E-state index >= 15 is 0 Å². The molecule has 0 spiro atoms. The molecule has 0 aliphatic carbocycles. The van der Waals surface area contributed by atoms with E-state index in [0.29, 0.717) is 0 Å². The zero-order chi connectivity index (χ0) is 16.7. The monoisotopic (exact) mass is 503 g/mol. The van der Waals surface area contributed by atoms with Crippen molar-refractivity contribution < 1.29 is 4.74 Å². The summed E-state index contributed by atoms with van der Waals surface area (Å²) in [5.41, 5.74) is 0. The van der Waals surface area contributed by atoms with Crippen molar-refractivity contribution in [1.29, 1.82) is 0 Å². The number of hydrogen-bond donors (Lipinski definition) is 1. The molecule has 1 N–H and O–H groups in total. The van der Waals surface area contributed by atoms with Gasteiger partial charge < -0.3 is 15.0 Å². The number of hydrogen-bond acceptors (Lipinski definition) is 4. The number of rotatable bonds is 6. The number of nitrogens with zero attached hydrogens (tertiary/aromatic N) is 2. The summed E-state index contributed by atoms with van der Waals surface area (Å²) in [5, 5.41) is 3.40. The first kappa shape index (κ1) is 22.3. The van der Waals surface area contributed by atoms with Crippen molar-refractivity contribution in [3.8, 4) is 0 Å². The standard InChI is InChI=1S/C16H26ClN3OS2.HI/c1-4-18-15(20(2)11-13-5-6-14(17)23-13)19-12-16(22-3)7-9-21-10-8-16;/h5-6H,4,7-12H2,1-3H3,(H,18,19);1H. The van der Waals surface area contributed by atoms with Crippen LogP contribution in [0.2, 0.25) is 4.34 Å². The van der Waals surface area contributed by atoms with E-state index < -0.39 is 0 Å². The molecule has 4 nitrogen and oxygen atoms in total. The van der Waals surface area contributed by atoms with Crippen molar-refractivity contribution >= 4 is 64.6 Å². The summed E-state index contributed by atoms with van der Waals surface area (Å²) >= 11 is 9.57. The van der Waals surface area contributed by atoms with Gasteiger partial charge in [-0.15, -0.1) is 35.3 Å². The minimum absolute atomic E-state index is 0. The maximum absolute atomic E-state index is 6.02. The lowest BCUT2D eigenvalue weighted by Gasteiger charge is -2.34. The first-order valence-corrected chi connectivity index (χ1v) is 10.4. The first-order chi connectivity index (χ1) is 11.1. The molecule has 0 bridgehead atoms. The Balaban J connectivity index is 0.00000288. The van der Waals surface area contributed by atoms with Gasteiger partial charge in [0.15, 0.2) is 5.96 Å². The third-order valence-electron chi connectivity index (χ3n) is 4.07. The Kier molecular flexibility index (Phi) is 10.3. The van der Waals surface area contributed by atoms with Crippen LogP contribution in [0.5, 0.6) is 0 Å². The molecule has 1 aromatic heterocycles. The Bertz CT molecular complexity index is 521. The van der Waals surface area contributed by atoms with E-state index in [1.807, 2.05) is 17.8 Å². The van der Waals surface area contributed by atoms with Crippen molar-refractivity contribution in [2.24, 2.45) is 4.99 Å². The maximum atomic E-state index is 6.02. The van der Waals surface area contributed by atoms with E-state index in [4.69, 9.17) is 21.3 Å². The van der Waals surface area contributed by atoms with Gasteiger partial charge in [-0.25, -0.2) is 0 Å². The predicted octanol–water partition coefficient (Wildman–Crippen LogP) is 4.33. The lowest BCUT2D eigenvalue weighted by Crippen LogP contribution is -2.41. The van der Waals surface area contributed by atoms with Gasteiger partial charge >= 0.3 is 0 Å². The van der Waals surface area contributed by atoms with Crippen LogP contribution in [-0.4, -0.2) is 55.2 Å². The van der Waals surface area contributed by atoms with Crippen LogP contribution in [-0.2, 0) is 11.3 Å². The fraction of sp³-hybridized carbons (Fsp3) is 0.688.